The summed E-state index contributed by atoms with van der Waals surface area (Å²) < 4.78 is 6.40. The molecule has 5 rings (SSSR count). The van der Waals surface area contributed by atoms with Gasteiger partial charge >= 0.3 is 5.97 Å². The third-order valence-electron chi connectivity index (χ3n) is 8.25. The Balaban J connectivity index is 1.80. The molecule has 0 radical (unpaired) electrons. The largest absolute Gasteiger partial charge is 0.468 e. The molecule has 1 N–H and O–H groups in total. The van der Waals surface area contributed by atoms with Crippen LogP contribution in [0.1, 0.15) is 63.6 Å². The molecular formula is C24H28BrNO2. The molecule has 1 heterocycles. The van der Waals surface area contributed by atoms with Crippen LogP contribution in [0.5, 0.6) is 0 Å². The first kappa shape index (κ1) is 18.5. The summed E-state index contributed by atoms with van der Waals surface area (Å²) in [6.07, 6.45) is 5.09. The highest BCUT2D eigenvalue weighted by molar-refractivity contribution is 9.10. The summed E-state index contributed by atoms with van der Waals surface area (Å²) in [6.45, 7) is 6.97. The van der Waals surface area contributed by atoms with Gasteiger partial charge in [-0.2, -0.15) is 0 Å². The Morgan fingerprint density at radius 1 is 1.29 bits per heavy atom. The molecule has 0 saturated carbocycles. The molecule has 28 heavy (non-hydrogen) atoms. The minimum absolute atomic E-state index is 0.0597. The Morgan fingerprint density at radius 2 is 2.07 bits per heavy atom. The van der Waals surface area contributed by atoms with Crippen LogP contribution in [0.4, 0.5) is 0 Å². The third kappa shape index (κ3) is 2.18. The number of nitrogens with one attached hydrogen (secondary N) is 1. The third-order valence-corrected chi connectivity index (χ3v) is 8.92. The second kappa shape index (κ2) is 5.98. The predicted molar refractivity (Wildman–Crippen MR) is 115 cm³/mol. The molecule has 0 spiro atoms. The van der Waals surface area contributed by atoms with E-state index in [-0.39, 0.29) is 11.4 Å². The van der Waals surface area contributed by atoms with Gasteiger partial charge in [0, 0.05) is 21.5 Å². The summed E-state index contributed by atoms with van der Waals surface area (Å²) in [5.41, 5.74) is 6.64. The van der Waals surface area contributed by atoms with Gasteiger partial charge in [0.1, 0.15) is 0 Å². The summed E-state index contributed by atoms with van der Waals surface area (Å²) in [5, 5.41) is 1.35. The number of fused-ring (bicyclic) bond motifs is 4. The number of ether oxygens (including phenoxy) is 1. The molecule has 0 unspecified atom stereocenters. The standard InChI is InChI=1S/C24H28BrNO2/c1-13-8-9-17-19-15(10-11-23(17,2)22(27)28-4)20-16(12-24(13,19)3)14-6-5-7-18(25)21(14)26-20/h5-7,13,15,26H,8-12H2,1-4H3/t13-,15-,23+,24+/m1/s1. The maximum atomic E-state index is 12.8. The highest BCUT2D eigenvalue weighted by atomic mass is 79.9. The number of aromatic amines is 1. The molecule has 4 heteroatoms. The van der Waals surface area contributed by atoms with Gasteiger partial charge in [0.15, 0.2) is 0 Å². The first-order chi connectivity index (χ1) is 13.3. The normalized spacial score (nSPS) is 34.2. The second-order valence-corrected chi connectivity index (χ2v) is 10.4. The number of esters is 1. The first-order valence-corrected chi connectivity index (χ1v) is 11.2. The van der Waals surface area contributed by atoms with E-state index in [2.05, 4.69) is 59.9 Å². The number of hydrogen-bond donors (Lipinski definition) is 1. The Kier molecular flexibility index (Phi) is 3.94. The zero-order chi connectivity index (χ0) is 19.8. The first-order valence-electron chi connectivity index (χ1n) is 10.4. The minimum atomic E-state index is -0.466. The zero-order valence-electron chi connectivity index (χ0n) is 17.1. The fraction of sp³-hybridized carbons (Fsp3) is 0.542. The molecule has 2 aromatic rings. The van der Waals surface area contributed by atoms with Crippen LogP contribution < -0.4 is 0 Å². The molecular weight excluding hydrogens is 414 g/mol. The van der Waals surface area contributed by atoms with E-state index in [1.54, 1.807) is 5.57 Å². The smallest absolute Gasteiger partial charge is 0.315 e. The number of H-pyrrole nitrogens is 1. The lowest BCUT2D eigenvalue weighted by Gasteiger charge is -2.54. The molecule has 0 bridgehead atoms. The van der Waals surface area contributed by atoms with E-state index in [0.717, 1.165) is 36.6 Å². The van der Waals surface area contributed by atoms with E-state index >= 15 is 0 Å². The van der Waals surface area contributed by atoms with Crippen molar-refractivity contribution in [1.82, 2.24) is 4.98 Å². The lowest BCUT2D eigenvalue weighted by atomic mass is 9.49. The number of hydrogen-bond acceptors (Lipinski definition) is 2. The SMILES string of the molecule is COC(=O)[C@@]1(C)CC[C@@H]2C3=C1CC[C@@H](C)[C@]3(C)Cc1c2[nH]c2c(Br)cccc12. The molecule has 0 aliphatic heterocycles. The predicted octanol–water partition coefficient (Wildman–Crippen LogP) is 6.28. The van der Waals surface area contributed by atoms with Crippen molar-refractivity contribution < 1.29 is 9.53 Å². The van der Waals surface area contributed by atoms with Crippen LogP contribution in [0.2, 0.25) is 0 Å². The number of halogens is 1. The summed E-state index contributed by atoms with van der Waals surface area (Å²) in [5.74, 6) is 0.943. The highest BCUT2D eigenvalue weighted by Gasteiger charge is 2.55. The van der Waals surface area contributed by atoms with E-state index in [9.17, 15) is 4.79 Å². The topological polar surface area (TPSA) is 42.1 Å². The van der Waals surface area contributed by atoms with Crippen molar-refractivity contribution in [3.8, 4) is 0 Å². The van der Waals surface area contributed by atoms with Crippen LogP contribution in [-0.4, -0.2) is 18.1 Å². The summed E-state index contributed by atoms with van der Waals surface area (Å²) >= 11 is 3.73. The molecule has 1 aromatic carbocycles. The Labute approximate surface area is 175 Å². The number of aromatic nitrogens is 1. The Morgan fingerprint density at radius 3 is 2.82 bits per heavy atom. The Bertz CT molecular complexity index is 1030. The highest BCUT2D eigenvalue weighted by Crippen LogP contribution is 2.63. The van der Waals surface area contributed by atoms with E-state index in [4.69, 9.17) is 4.74 Å². The van der Waals surface area contributed by atoms with Gasteiger partial charge in [-0.3, -0.25) is 4.79 Å². The number of allylic oxidation sites excluding steroid dienone is 1. The lowest BCUT2D eigenvalue weighted by molar-refractivity contribution is -0.150. The summed E-state index contributed by atoms with van der Waals surface area (Å²) in [7, 11) is 1.53. The number of rotatable bonds is 1. The number of carbonyl (C=O) groups excluding carboxylic acids is 1. The minimum Gasteiger partial charge on any atom is -0.468 e. The average molecular weight is 442 g/mol. The quantitative estimate of drug-likeness (QED) is 0.418. The van der Waals surface area contributed by atoms with Crippen molar-refractivity contribution in [3.05, 3.63) is 45.1 Å². The molecule has 3 aliphatic rings. The molecule has 4 atom stereocenters. The van der Waals surface area contributed by atoms with Crippen LogP contribution in [0.15, 0.2) is 33.8 Å². The van der Waals surface area contributed by atoms with Crippen molar-refractivity contribution in [2.24, 2.45) is 16.7 Å². The van der Waals surface area contributed by atoms with E-state index < -0.39 is 5.41 Å². The Hall–Kier alpha value is -1.55. The van der Waals surface area contributed by atoms with Crippen molar-refractivity contribution >= 4 is 32.8 Å². The molecule has 3 nitrogen and oxygen atoms in total. The maximum Gasteiger partial charge on any atom is 0.315 e. The van der Waals surface area contributed by atoms with Gasteiger partial charge in [-0.25, -0.2) is 0 Å². The van der Waals surface area contributed by atoms with Crippen molar-refractivity contribution in [3.63, 3.8) is 0 Å². The number of carbonyl (C=O) groups is 1. The van der Waals surface area contributed by atoms with Crippen molar-refractivity contribution in [2.75, 3.05) is 7.11 Å². The van der Waals surface area contributed by atoms with Crippen LogP contribution in [0.25, 0.3) is 10.9 Å². The zero-order valence-corrected chi connectivity index (χ0v) is 18.7. The van der Waals surface area contributed by atoms with E-state index in [0.29, 0.717) is 11.8 Å². The molecule has 3 aliphatic carbocycles. The van der Waals surface area contributed by atoms with Crippen molar-refractivity contribution in [2.45, 2.75) is 58.8 Å². The number of methoxy groups -OCH3 is 1. The van der Waals surface area contributed by atoms with Gasteiger partial charge in [-0.15, -0.1) is 0 Å². The van der Waals surface area contributed by atoms with Gasteiger partial charge in [0.2, 0.25) is 0 Å². The van der Waals surface area contributed by atoms with Crippen LogP contribution in [0, 0.1) is 16.7 Å². The van der Waals surface area contributed by atoms with Gasteiger partial charge in [0.25, 0.3) is 0 Å². The van der Waals surface area contributed by atoms with E-state index in [1.807, 2.05) is 0 Å². The molecule has 0 fully saturated rings. The van der Waals surface area contributed by atoms with Crippen LogP contribution in [0.3, 0.4) is 0 Å². The summed E-state index contributed by atoms with van der Waals surface area (Å²) in [4.78, 5) is 16.6. The number of para-hydroxylation sites is 1. The fourth-order valence-electron chi connectivity index (χ4n) is 6.46. The number of benzene rings is 1. The summed E-state index contributed by atoms with van der Waals surface area (Å²) in [6, 6.07) is 6.50. The van der Waals surface area contributed by atoms with E-state index in [1.165, 1.54) is 34.8 Å². The second-order valence-electron chi connectivity index (χ2n) is 9.52. The molecule has 148 valence electrons. The van der Waals surface area contributed by atoms with Gasteiger partial charge in [-0.05, 0) is 77.9 Å². The van der Waals surface area contributed by atoms with Crippen molar-refractivity contribution in [1.29, 1.82) is 0 Å². The monoisotopic (exact) mass is 441 g/mol. The molecule has 1 aromatic heterocycles. The molecule has 0 saturated heterocycles. The fourth-order valence-corrected chi connectivity index (χ4v) is 6.92. The lowest BCUT2D eigenvalue weighted by Crippen LogP contribution is -2.47. The van der Waals surface area contributed by atoms with Gasteiger partial charge in [0.05, 0.1) is 18.0 Å². The molecule has 0 amide bonds. The van der Waals surface area contributed by atoms with Crippen LogP contribution in [-0.2, 0) is 16.0 Å². The van der Waals surface area contributed by atoms with Gasteiger partial charge < -0.3 is 9.72 Å². The maximum absolute atomic E-state index is 12.8. The average Bonchev–Trinajstić information content (AvgIpc) is 3.05. The van der Waals surface area contributed by atoms with Gasteiger partial charge in [-0.1, -0.05) is 37.1 Å². The van der Waals surface area contributed by atoms with Crippen LogP contribution >= 0.6 is 15.9 Å².